The second-order valence-electron chi connectivity index (χ2n) is 2.84. The molecule has 0 heterocycles. The molecule has 1 aromatic carbocycles. The summed E-state index contributed by atoms with van der Waals surface area (Å²) in [5.74, 6) is -1.18. The van der Waals surface area contributed by atoms with E-state index in [4.69, 9.17) is 5.11 Å². The molecule has 1 rings (SSSR count). The highest BCUT2D eigenvalue weighted by molar-refractivity contribution is 9.11. The molecule has 0 saturated carbocycles. The summed E-state index contributed by atoms with van der Waals surface area (Å²) in [5, 5.41) is 8.81. The van der Waals surface area contributed by atoms with Crippen LogP contribution in [0, 0.1) is 0 Å². The van der Waals surface area contributed by atoms with Crippen molar-refractivity contribution in [1.82, 2.24) is 0 Å². The Morgan fingerprint density at radius 2 is 1.80 bits per heavy atom. The number of hydrogen-bond donors (Lipinski definition) is 1. The molecule has 4 nitrogen and oxygen atoms in total. The normalized spacial score (nSPS) is 11.4. The molecule has 82 valence electrons. The van der Waals surface area contributed by atoms with Crippen molar-refractivity contribution in [3.63, 3.8) is 0 Å². The van der Waals surface area contributed by atoms with Gasteiger partial charge < -0.3 is 5.11 Å². The van der Waals surface area contributed by atoms with E-state index in [2.05, 4.69) is 31.9 Å². The summed E-state index contributed by atoms with van der Waals surface area (Å²) in [6.45, 7) is 0. The number of benzene rings is 1. The maximum atomic E-state index is 11.3. The quantitative estimate of drug-likeness (QED) is 0.881. The van der Waals surface area contributed by atoms with Crippen LogP contribution >= 0.6 is 31.9 Å². The third-order valence-corrected chi connectivity index (χ3v) is 4.36. The fraction of sp³-hybridized carbons (Fsp3) is 0.125. The lowest BCUT2D eigenvalue weighted by molar-refractivity contribution is 0.0695. The van der Waals surface area contributed by atoms with Gasteiger partial charge in [-0.05, 0) is 44.0 Å². The van der Waals surface area contributed by atoms with Crippen molar-refractivity contribution in [1.29, 1.82) is 0 Å². The van der Waals surface area contributed by atoms with Crippen molar-refractivity contribution in [3.05, 3.63) is 26.6 Å². The highest BCUT2D eigenvalue weighted by Gasteiger charge is 2.18. The average molecular weight is 358 g/mol. The third-order valence-electron chi connectivity index (χ3n) is 1.65. The van der Waals surface area contributed by atoms with Gasteiger partial charge in [0, 0.05) is 15.2 Å². The molecule has 0 aliphatic heterocycles. The third kappa shape index (κ3) is 2.79. The number of aromatic carboxylic acids is 1. The molecule has 7 heteroatoms. The molecule has 1 N–H and O–H groups in total. The van der Waals surface area contributed by atoms with Crippen LogP contribution in [-0.4, -0.2) is 25.7 Å². The van der Waals surface area contributed by atoms with E-state index in [1.807, 2.05) is 0 Å². The highest BCUT2D eigenvalue weighted by Crippen LogP contribution is 2.29. The number of rotatable bonds is 2. The molecule has 0 aliphatic carbocycles. The fourth-order valence-corrected chi connectivity index (χ4v) is 3.77. The highest BCUT2D eigenvalue weighted by atomic mass is 79.9. The van der Waals surface area contributed by atoms with E-state index in [1.54, 1.807) is 0 Å². The molecule has 0 radical (unpaired) electrons. The number of carboxylic acids is 1. The van der Waals surface area contributed by atoms with Crippen LogP contribution < -0.4 is 0 Å². The Hall–Kier alpha value is -0.400. The smallest absolute Gasteiger partial charge is 0.336 e. The van der Waals surface area contributed by atoms with Crippen LogP contribution in [0.3, 0.4) is 0 Å². The van der Waals surface area contributed by atoms with E-state index in [9.17, 15) is 13.2 Å². The average Bonchev–Trinajstić information content (AvgIpc) is 2.00. The summed E-state index contributed by atoms with van der Waals surface area (Å²) in [5.41, 5.74) is -0.0846. The first-order chi connectivity index (χ1) is 6.73. The van der Waals surface area contributed by atoms with Crippen LogP contribution in [0.15, 0.2) is 26.0 Å². The second kappa shape index (κ2) is 4.23. The minimum absolute atomic E-state index is 0.0388. The zero-order valence-electron chi connectivity index (χ0n) is 7.49. The zero-order valence-corrected chi connectivity index (χ0v) is 11.5. The van der Waals surface area contributed by atoms with Crippen LogP contribution in [0.4, 0.5) is 0 Å². The van der Waals surface area contributed by atoms with Gasteiger partial charge in [-0.25, -0.2) is 13.2 Å². The molecule has 0 amide bonds. The van der Waals surface area contributed by atoms with E-state index >= 15 is 0 Å². The largest absolute Gasteiger partial charge is 0.478 e. The minimum Gasteiger partial charge on any atom is -0.478 e. The molecule has 0 aliphatic rings. The molecule has 15 heavy (non-hydrogen) atoms. The predicted octanol–water partition coefficient (Wildman–Crippen LogP) is 2.31. The number of hydrogen-bond acceptors (Lipinski definition) is 3. The van der Waals surface area contributed by atoms with E-state index in [0.717, 1.165) is 12.3 Å². The zero-order chi connectivity index (χ0) is 11.8. The van der Waals surface area contributed by atoms with Crippen molar-refractivity contribution < 1.29 is 18.3 Å². The monoisotopic (exact) mass is 356 g/mol. The van der Waals surface area contributed by atoms with E-state index < -0.39 is 15.8 Å². The first-order valence-corrected chi connectivity index (χ1v) is 7.13. The summed E-state index contributed by atoms with van der Waals surface area (Å²) in [6.07, 6.45) is 1.02. The molecule has 0 unspecified atom stereocenters. The molecule has 0 fully saturated rings. The van der Waals surface area contributed by atoms with Gasteiger partial charge in [0.2, 0.25) is 0 Å². The Morgan fingerprint density at radius 3 is 2.20 bits per heavy atom. The van der Waals surface area contributed by atoms with E-state index in [1.165, 1.54) is 6.07 Å². The van der Waals surface area contributed by atoms with Gasteiger partial charge in [0.15, 0.2) is 9.84 Å². The van der Waals surface area contributed by atoms with Gasteiger partial charge in [-0.2, -0.15) is 0 Å². The first kappa shape index (κ1) is 12.7. The number of carboxylic acid groups (broad SMARTS) is 1. The molecule has 0 saturated heterocycles. The van der Waals surface area contributed by atoms with Crippen molar-refractivity contribution in [2.45, 2.75) is 4.90 Å². The molecule has 1 aromatic rings. The van der Waals surface area contributed by atoms with Gasteiger partial charge in [-0.15, -0.1) is 0 Å². The van der Waals surface area contributed by atoms with Crippen LogP contribution in [-0.2, 0) is 9.84 Å². The van der Waals surface area contributed by atoms with Crippen molar-refractivity contribution in [2.24, 2.45) is 0 Å². The van der Waals surface area contributed by atoms with E-state index in [-0.39, 0.29) is 10.5 Å². The Morgan fingerprint density at radius 1 is 1.27 bits per heavy atom. The van der Waals surface area contributed by atoms with Crippen LogP contribution in [0.5, 0.6) is 0 Å². The maximum Gasteiger partial charge on any atom is 0.336 e. The molecule has 0 atom stereocenters. The van der Waals surface area contributed by atoms with Crippen molar-refractivity contribution >= 4 is 47.7 Å². The Bertz CT molecular complexity index is 522. The summed E-state index contributed by atoms with van der Waals surface area (Å²) in [6, 6.07) is 2.52. The van der Waals surface area contributed by atoms with Gasteiger partial charge in [-0.1, -0.05) is 0 Å². The lowest BCUT2D eigenvalue weighted by Gasteiger charge is -2.05. The van der Waals surface area contributed by atoms with Gasteiger partial charge in [0.25, 0.3) is 0 Å². The summed E-state index contributed by atoms with van der Waals surface area (Å²) in [4.78, 5) is 10.7. The lowest BCUT2D eigenvalue weighted by Crippen LogP contribution is -2.04. The van der Waals surface area contributed by atoms with E-state index in [0.29, 0.717) is 8.95 Å². The van der Waals surface area contributed by atoms with Gasteiger partial charge >= 0.3 is 5.97 Å². The van der Waals surface area contributed by atoms with Crippen LogP contribution in [0.2, 0.25) is 0 Å². The van der Waals surface area contributed by atoms with Crippen molar-refractivity contribution in [3.8, 4) is 0 Å². The summed E-state index contributed by atoms with van der Waals surface area (Å²) in [7, 11) is -3.44. The topological polar surface area (TPSA) is 71.4 Å². The number of carbonyl (C=O) groups is 1. The first-order valence-electron chi connectivity index (χ1n) is 3.66. The number of sulfone groups is 1. The Balaban J connectivity index is 3.58. The van der Waals surface area contributed by atoms with Crippen LogP contribution in [0.25, 0.3) is 0 Å². The molecular formula is C8H6Br2O4S. The lowest BCUT2D eigenvalue weighted by atomic mass is 10.2. The summed E-state index contributed by atoms with van der Waals surface area (Å²) < 4.78 is 23.3. The SMILES string of the molecule is CS(=O)(=O)c1cc(C(=O)O)c(Br)cc1Br. The number of halogens is 2. The predicted molar refractivity (Wildman–Crippen MR) is 61.9 cm³/mol. The maximum absolute atomic E-state index is 11.3. The van der Waals surface area contributed by atoms with Crippen LogP contribution in [0.1, 0.15) is 10.4 Å². The molecule has 0 spiro atoms. The second-order valence-corrected chi connectivity index (χ2v) is 6.53. The standard InChI is InChI=1S/C8H6Br2O4S/c1-15(13,14)7-2-4(8(11)12)5(9)3-6(7)10/h2-3H,1H3,(H,11,12). The summed E-state index contributed by atoms with van der Waals surface area (Å²) >= 11 is 6.11. The van der Waals surface area contributed by atoms with Gasteiger partial charge in [0.1, 0.15) is 0 Å². The Labute approximate surface area is 103 Å². The Kier molecular flexibility index (Phi) is 3.57. The van der Waals surface area contributed by atoms with Gasteiger partial charge in [-0.3, -0.25) is 0 Å². The van der Waals surface area contributed by atoms with Gasteiger partial charge in [0.05, 0.1) is 10.5 Å². The molecular weight excluding hydrogens is 352 g/mol. The van der Waals surface area contributed by atoms with Crippen molar-refractivity contribution in [2.75, 3.05) is 6.26 Å². The fourth-order valence-electron chi connectivity index (χ4n) is 0.977. The molecule has 0 bridgehead atoms. The minimum atomic E-state index is -3.44. The molecule has 0 aromatic heterocycles.